The molecular formula is C57H35N3S2. The summed E-state index contributed by atoms with van der Waals surface area (Å²) < 4.78 is 5.07. The fourth-order valence-electron chi connectivity index (χ4n) is 8.75. The highest BCUT2D eigenvalue weighted by molar-refractivity contribution is 7.26. The van der Waals surface area contributed by atoms with Gasteiger partial charge in [0.25, 0.3) is 0 Å². The van der Waals surface area contributed by atoms with Gasteiger partial charge in [0.1, 0.15) is 0 Å². The Balaban J connectivity index is 0.964. The third kappa shape index (κ3) is 6.38. The minimum absolute atomic E-state index is 0.637. The first-order valence-electron chi connectivity index (χ1n) is 20.8. The molecule has 0 aliphatic heterocycles. The van der Waals surface area contributed by atoms with Crippen molar-refractivity contribution in [1.29, 1.82) is 0 Å². The predicted octanol–water partition coefficient (Wildman–Crippen LogP) is 16.3. The summed E-state index contributed by atoms with van der Waals surface area (Å²) in [7, 11) is 0. The van der Waals surface area contributed by atoms with Crippen LogP contribution in [0.3, 0.4) is 0 Å². The minimum Gasteiger partial charge on any atom is -0.208 e. The quantitative estimate of drug-likeness (QED) is 0.161. The SMILES string of the molecule is c1ccc(-c2ccc(-c3cccc4c3sc3cccc(-c5nc(-c6ccccc6)nc(-c6cccc(-c7cccc(-c8cccc9c8sc8ccccc89)c7)c6)n5)c34)cc2)cc1. The molecule has 5 heteroatoms. The normalized spacial score (nSPS) is 11.5. The maximum Gasteiger partial charge on any atom is 0.164 e. The molecule has 0 N–H and O–H groups in total. The summed E-state index contributed by atoms with van der Waals surface area (Å²) in [5.74, 6) is 1.93. The second kappa shape index (κ2) is 15.2. The molecule has 0 unspecified atom stereocenters. The summed E-state index contributed by atoms with van der Waals surface area (Å²) in [5, 5.41) is 4.96. The fraction of sp³-hybridized carbons (Fsp3) is 0. The average molecular weight is 826 g/mol. The van der Waals surface area contributed by atoms with Gasteiger partial charge in [0, 0.05) is 57.0 Å². The molecule has 0 radical (unpaired) electrons. The van der Waals surface area contributed by atoms with Crippen molar-refractivity contribution in [2.24, 2.45) is 0 Å². The lowest BCUT2D eigenvalue weighted by Crippen LogP contribution is -2.00. The number of hydrogen-bond acceptors (Lipinski definition) is 5. The van der Waals surface area contributed by atoms with Gasteiger partial charge in [-0.05, 0) is 68.8 Å². The van der Waals surface area contributed by atoms with Gasteiger partial charge in [0.15, 0.2) is 17.5 Å². The molecule has 0 saturated heterocycles. The highest BCUT2D eigenvalue weighted by atomic mass is 32.1. The molecule has 0 saturated carbocycles. The first kappa shape index (κ1) is 36.3. The Hall–Kier alpha value is -7.57. The molecule has 0 amide bonds. The summed E-state index contributed by atoms with van der Waals surface area (Å²) in [4.78, 5) is 15.6. The summed E-state index contributed by atoms with van der Waals surface area (Å²) >= 11 is 3.69. The van der Waals surface area contributed by atoms with Gasteiger partial charge in [-0.2, -0.15) is 0 Å². The number of thiophene rings is 2. The topological polar surface area (TPSA) is 38.7 Å². The van der Waals surface area contributed by atoms with E-state index < -0.39 is 0 Å². The van der Waals surface area contributed by atoms with E-state index in [1.165, 1.54) is 68.3 Å². The first-order chi connectivity index (χ1) is 30.7. The van der Waals surface area contributed by atoms with Gasteiger partial charge in [-0.25, -0.2) is 15.0 Å². The molecule has 0 atom stereocenters. The van der Waals surface area contributed by atoms with Crippen molar-refractivity contribution in [3.63, 3.8) is 0 Å². The van der Waals surface area contributed by atoms with E-state index in [0.29, 0.717) is 17.5 Å². The van der Waals surface area contributed by atoms with Crippen LogP contribution >= 0.6 is 22.7 Å². The van der Waals surface area contributed by atoms with E-state index in [0.717, 1.165) is 33.2 Å². The van der Waals surface area contributed by atoms with Gasteiger partial charge in [0.2, 0.25) is 0 Å². The van der Waals surface area contributed by atoms with Crippen molar-refractivity contribution < 1.29 is 0 Å². The second-order valence-corrected chi connectivity index (χ2v) is 17.6. The lowest BCUT2D eigenvalue weighted by atomic mass is 9.97. The number of benzene rings is 9. The second-order valence-electron chi connectivity index (χ2n) is 15.5. The zero-order chi connectivity index (χ0) is 41.0. The highest BCUT2D eigenvalue weighted by Gasteiger charge is 2.19. The Kier molecular flexibility index (Phi) is 8.87. The van der Waals surface area contributed by atoms with Crippen LogP contribution < -0.4 is 0 Å². The maximum absolute atomic E-state index is 5.29. The molecular weight excluding hydrogens is 791 g/mol. The molecule has 0 spiro atoms. The van der Waals surface area contributed by atoms with E-state index in [9.17, 15) is 0 Å². The van der Waals surface area contributed by atoms with Gasteiger partial charge in [-0.3, -0.25) is 0 Å². The van der Waals surface area contributed by atoms with Crippen LogP contribution in [-0.2, 0) is 0 Å². The van der Waals surface area contributed by atoms with Crippen LogP contribution in [0.1, 0.15) is 0 Å². The van der Waals surface area contributed by atoms with Crippen LogP contribution in [0.4, 0.5) is 0 Å². The molecule has 0 aliphatic carbocycles. The zero-order valence-electron chi connectivity index (χ0n) is 33.4. The number of aromatic nitrogens is 3. The van der Waals surface area contributed by atoms with Crippen LogP contribution in [0.2, 0.25) is 0 Å². The van der Waals surface area contributed by atoms with Crippen molar-refractivity contribution in [2.45, 2.75) is 0 Å². The van der Waals surface area contributed by atoms with Gasteiger partial charge in [-0.1, -0.05) is 188 Å². The lowest BCUT2D eigenvalue weighted by molar-refractivity contribution is 1.08. The maximum atomic E-state index is 5.29. The standard InChI is InChI=1S/C57H35N3S2/c1-3-14-36(15-4-1)37-30-32-38(33-31-37)44-23-12-26-48-52-49(27-13-29-51(52)62-54(44)48)57-59-55(39-16-5-2-6-17-39)58-56(60-57)43-21-10-19-41(35-43)40-18-9-20-42(34-40)45-24-11-25-47-46-22-7-8-28-50(46)61-53(45)47/h1-35H. The molecule has 0 fully saturated rings. The Morgan fingerprint density at radius 3 is 1.48 bits per heavy atom. The van der Waals surface area contributed by atoms with Crippen LogP contribution in [-0.4, -0.2) is 15.0 Å². The van der Waals surface area contributed by atoms with Crippen molar-refractivity contribution in [3.05, 3.63) is 212 Å². The number of rotatable bonds is 7. The van der Waals surface area contributed by atoms with Crippen molar-refractivity contribution in [1.82, 2.24) is 15.0 Å². The molecule has 0 bridgehead atoms. The monoisotopic (exact) mass is 825 g/mol. The van der Waals surface area contributed by atoms with E-state index in [2.05, 4.69) is 194 Å². The van der Waals surface area contributed by atoms with Gasteiger partial charge < -0.3 is 0 Å². The van der Waals surface area contributed by atoms with Crippen LogP contribution in [0, 0.1) is 0 Å². The third-order valence-electron chi connectivity index (χ3n) is 11.8. The van der Waals surface area contributed by atoms with Crippen LogP contribution in [0.15, 0.2) is 212 Å². The van der Waals surface area contributed by atoms with E-state index in [4.69, 9.17) is 15.0 Å². The van der Waals surface area contributed by atoms with Gasteiger partial charge in [0.05, 0.1) is 0 Å². The summed E-state index contributed by atoms with van der Waals surface area (Å²) in [6.07, 6.45) is 0. The Bertz CT molecular complexity index is 3630. The Morgan fingerprint density at radius 1 is 0.258 bits per heavy atom. The first-order valence-corrected chi connectivity index (χ1v) is 22.4. The molecule has 12 aromatic rings. The van der Waals surface area contributed by atoms with E-state index in [-0.39, 0.29) is 0 Å². The van der Waals surface area contributed by atoms with E-state index >= 15 is 0 Å². The van der Waals surface area contributed by atoms with Gasteiger partial charge >= 0.3 is 0 Å². The molecule has 3 nitrogen and oxygen atoms in total. The van der Waals surface area contributed by atoms with Crippen molar-refractivity contribution in [3.8, 4) is 78.7 Å². The molecule has 12 rings (SSSR count). The average Bonchev–Trinajstić information content (AvgIpc) is 3.94. The molecule has 3 aromatic heterocycles. The Morgan fingerprint density at radius 2 is 0.710 bits per heavy atom. The number of hydrogen-bond donors (Lipinski definition) is 0. The van der Waals surface area contributed by atoms with Crippen LogP contribution in [0.5, 0.6) is 0 Å². The van der Waals surface area contributed by atoms with Crippen molar-refractivity contribution >= 4 is 63.0 Å². The minimum atomic E-state index is 0.637. The van der Waals surface area contributed by atoms with Crippen molar-refractivity contribution in [2.75, 3.05) is 0 Å². The summed E-state index contributed by atoms with van der Waals surface area (Å²) in [6.45, 7) is 0. The van der Waals surface area contributed by atoms with Crippen LogP contribution in [0.25, 0.3) is 119 Å². The summed E-state index contributed by atoms with van der Waals surface area (Å²) in [6, 6.07) is 75.6. The largest absolute Gasteiger partial charge is 0.208 e. The molecule has 3 heterocycles. The predicted molar refractivity (Wildman–Crippen MR) is 264 cm³/mol. The Labute approximate surface area is 366 Å². The third-order valence-corrected chi connectivity index (χ3v) is 14.2. The molecule has 290 valence electrons. The summed E-state index contributed by atoms with van der Waals surface area (Å²) in [5.41, 5.74) is 12.4. The smallest absolute Gasteiger partial charge is 0.164 e. The van der Waals surface area contributed by atoms with E-state index in [1.807, 2.05) is 40.9 Å². The molecule has 62 heavy (non-hydrogen) atoms. The van der Waals surface area contributed by atoms with E-state index in [1.54, 1.807) is 0 Å². The molecule has 0 aliphatic rings. The number of nitrogens with zero attached hydrogens (tertiary/aromatic N) is 3. The fourth-order valence-corrected chi connectivity index (χ4v) is 11.3. The van der Waals surface area contributed by atoms with Gasteiger partial charge in [-0.15, -0.1) is 22.7 Å². The highest BCUT2D eigenvalue weighted by Crippen LogP contribution is 2.45. The molecule has 9 aromatic carbocycles. The number of fused-ring (bicyclic) bond motifs is 6. The zero-order valence-corrected chi connectivity index (χ0v) is 35.0. The lowest BCUT2D eigenvalue weighted by Gasteiger charge is -2.11.